The van der Waals surface area contributed by atoms with Gasteiger partial charge >= 0.3 is 5.97 Å². The molecule has 1 aromatic heterocycles. The average molecular weight is 453 g/mol. The molecule has 1 aromatic carbocycles. The maximum atomic E-state index is 16.0. The monoisotopic (exact) mass is 452 g/mol. The maximum Gasteiger partial charge on any atom is 0.345 e. The van der Waals surface area contributed by atoms with Crippen LogP contribution in [0.2, 0.25) is 0 Å². The van der Waals surface area contributed by atoms with Gasteiger partial charge in [-0.2, -0.15) is 0 Å². The molecule has 0 bridgehead atoms. The van der Waals surface area contributed by atoms with Crippen molar-refractivity contribution >= 4 is 5.97 Å². The first-order valence-electron chi connectivity index (χ1n) is 12.2. The van der Waals surface area contributed by atoms with Crippen LogP contribution in [0.3, 0.4) is 0 Å². The van der Waals surface area contributed by atoms with E-state index in [1.807, 2.05) is 6.07 Å². The average Bonchev–Trinajstić information content (AvgIpc) is 3.68. The zero-order chi connectivity index (χ0) is 22.8. The Hall–Kier alpha value is -2.18. The smallest absolute Gasteiger partial charge is 0.345 e. The summed E-state index contributed by atoms with van der Waals surface area (Å²) in [6.07, 6.45) is 3.71. The van der Waals surface area contributed by atoms with Crippen LogP contribution in [0.5, 0.6) is 5.95 Å². The topological polar surface area (TPSA) is 64.5 Å². The van der Waals surface area contributed by atoms with Gasteiger partial charge in [0.2, 0.25) is 0 Å². The molecule has 0 N–H and O–H groups in total. The third-order valence-corrected chi connectivity index (χ3v) is 9.61. The molecular weight excluding hydrogens is 423 g/mol. The highest BCUT2D eigenvalue weighted by atomic mass is 19.1. The lowest BCUT2D eigenvalue weighted by atomic mass is 9.47. The highest BCUT2D eigenvalue weighted by molar-refractivity contribution is 5.90. The Morgan fingerprint density at radius 3 is 2.70 bits per heavy atom. The van der Waals surface area contributed by atoms with E-state index in [0.717, 1.165) is 30.4 Å². The van der Waals surface area contributed by atoms with E-state index in [2.05, 4.69) is 20.8 Å². The predicted octanol–water partition coefficient (Wildman–Crippen LogP) is 5.23. The SMILES string of the molecule is CC(C)C1C[C@@H]2O[C@]23[C@]2(O[C@H]2CC2c4coc(OC(=O)c5ccccc5)c4CC[C@@]23C)[C@H]1F. The number of esters is 1. The lowest BCUT2D eigenvalue weighted by Gasteiger charge is -2.53. The molecule has 2 saturated heterocycles. The Balaban J connectivity index is 1.22. The number of epoxide rings is 2. The molecule has 5 aliphatic rings. The van der Waals surface area contributed by atoms with Gasteiger partial charge in [0.25, 0.3) is 5.95 Å². The van der Waals surface area contributed by atoms with E-state index >= 15 is 4.39 Å². The van der Waals surface area contributed by atoms with Crippen LogP contribution in [0.4, 0.5) is 4.39 Å². The summed E-state index contributed by atoms with van der Waals surface area (Å²) in [5.74, 6) is 0.231. The third-order valence-electron chi connectivity index (χ3n) is 9.61. The van der Waals surface area contributed by atoms with Gasteiger partial charge in [-0.25, -0.2) is 9.18 Å². The number of hydrogen-bond donors (Lipinski definition) is 0. The fraction of sp³-hybridized carbons (Fsp3) is 0.593. The Morgan fingerprint density at radius 1 is 1.15 bits per heavy atom. The largest absolute Gasteiger partial charge is 0.433 e. The molecule has 8 atom stereocenters. The van der Waals surface area contributed by atoms with Crippen LogP contribution in [0.25, 0.3) is 0 Å². The van der Waals surface area contributed by atoms with Crippen molar-refractivity contribution in [2.24, 2.45) is 17.3 Å². The Bertz CT molecular complexity index is 1140. The molecule has 0 amide bonds. The van der Waals surface area contributed by atoms with Crippen LogP contribution in [-0.4, -0.2) is 35.6 Å². The molecule has 2 aromatic rings. The predicted molar refractivity (Wildman–Crippen MR) is 117 cm³/mol. The van der Waals surface area contributed by atoms with Crippen LogP contribution in [-0.2, 0) is 15.9 Å². The molecule has 2 unspecified atom stereocenters. The van der Waals surface area contributed by atoms with Gasteiger partial charge in [0.15, 0.2) is 5.60 Å². The van der Waals surface area contributed by atoms with Gasteiger partial charge in [-0.3, -0.25) is 0 Å². The van der Waals surface area contributed by atoms with Gasteiger partial charge in [0, 0.05) is 16.5 Å². The standard InChI is InChI=1S/C27H29FO5/c1-14(2)17-11-21-27(33-21)25(3)10-9-16-18(19(25)12-20-26(27,32-20)22(17)28)13-30-24(16)31-23(29)15-7-5-4-6-8-15/h4-8,13-14,17,19-22H,9-12H2,1-3H3/t17?,19?,20-,21-,22-,25-,26+,27+/m0/s1. The summed E-state index contributed by atoms with van der Waals surface area (Å²) in [7, 11) is 0. The first kappa shape index (κ1) is 20.2. The molecular formula is C27H29FO5. The third kappa shape index (κ3) is 2.27. The number of furan rings is 1. The zero-order valence-electron chi connectivity index (χ0n) is 19.2. The Morgan fingerprint density at radius 2 is 1.94 bits per heavy atom. The van der Waals surface area contributed by atoms with Crippen LogP contribution in [0.15, 0.2) is 41.0 Å². The molecule has 5 nitrogen and oxygen atoms in total. The van der Waals surface area contributed by atoms with E-state index in [1.54, 1.807) is 30.5 Å². The lowest BCUT2D eigenvalue weighted by Crippen LogP contribution is -2.65. The second kappa shape index (κ2) is 6.28. The number of hydrogen-bond acceptors (Lipinski definition) is 5. The molecule has 2 aliphatic heterocycles. The summed E-state index contributed by atoms with van der Waals surface area (Å²) in [5.41, 5.74) is 0.911. The molecule has 33 heavy (non-hydrogen) atoms. The van der Waals surface area contributed by atoms with Crippen molar-refractivity contribution in [2.45, 2.75) is 82.0 Å². The summed E-state index contributed by atoms with van der Waals surface area (Å²) in [4.78, 5) is 12.6. The number of carbonyl (C=O) groups excluding carboxylic acids is 1. The van der Waals surface area contributed by atoms with Crippen LogP contribution in [0.1, 0.15) is 67.4 Å². The highest BCUT2D eigenvalue weighted by Gasteiger charge is 2.93. The van der Waals surface area contributed by atoms with E-state index in [-0.39, 0.29) is 41.3 Å². The summed E-state index contributed by atoms with van der Waals surface area (Å²) in [5, 5.41) is 0. The second-order valence-corrected chi connectivity index (χ2v) is 11.2. The fourth-order valence-electron chi connectivity index (χ4n) is 7.86. The van der Waals surface area contributed by atoms with Crippen molar-refractivity contribution in [1.82, 2.24) is 0 Å². The summed E-state index contributed by atoms with van der Waals surface area (Å²) < 4.78 is 40.2. The number of halogens is 1. The Labute approximate surface area is 192 Å². The minimum atomic E-state index is -0.993. The molecule has 0 radical (unpaired) electrons. The van der Waals surface area contributed by atoms with Crippen LogP contribution in [0, 0.1) is 17.3 Å². The minimum absolute atomic E-state index is 0.0205. The highest BCUT2D eigenvalue weighted by Crippen LogP contribution is 2.80. The second-order valence-electron chi connectivity index (χ2n) is 11.2. The van der Waals surface area contributed by atoms with Gasteiger partial charge in [0.05, 0.1) is 24.0 Å². The molecule has 2 saturated carbocycles. The number of carbonyl (C=O) groups is 1. The number of fused-ring (bicyclic) bond motifs is 3. The van der Waals surface area contributed by atoms with Crippen LogP contribution < -0.4 is 4.74 Å². The Kier molecular flexibility index (Phi) is 3.84. The summed E-state index contributed by atoms with van der Waals surface area (Å²) in [6.45, 7) is 6.46. The van der Waals surface area contributed by atoms with Gasteiger partial charge in [-0.05, 0) is 55.6 Å². The number of benzene rings is 1. The summed E-state index contributed by atoms with van der Waals surface area (Å²) >= 11 is 0. The van der Waals surface area contributed by atoms with Crippen molar-refractivity contribution in [3.8, 4) is 5.95 Å². The molecule has 3 heterocycles. The van der Waals surface area contributed by atoms with Crippen LogP contribution >= 0.6 is 0 Å². The van der Waals surface area contributed by atoms with E-state index in [4.69, 9.17) is 18.6 Å². The number of ether oxygens (including phenoxy) is 3. The molecule has 7 rings (SSSR count). The fourth-order valence-corrected chi connectivity index (χ4v) is 7.86. The van der Waals surface area contributed by atoms with E-state index in [0.29, 0.717) is 12.0 Å². The molecule has 4 fully saturated rings. The first-order chi connectivity index (χ1) is 15.8. The number of rotatable bonds is 3. The van der Waals surface area contributed by atoms with Crippen molar-refractivity contribution in [1.29, 1.82) is 0 Å². The molecule has 2 spiro atoms. The van der Waals surface area contributed by atoms with Crippen molar-refractivity contribution in [2.75, 3.05) is 0 Å². The maximum absolute atomic E-state index is 16.0. The van der Waals surface area contributed by atoms with Gasteiger partial charge in [0.1, 0.15) is 11.8 Å². The van der Waals surface area contributed by atoms with Gasteiger partial charge < -0.3 is 18.6 Å². The quantitative estimate of drug-likeness (QED) is 0.471. The van der Waals surface area contributed by atoms with Gasteiger partial charge in [-0.1, -0.05) is 39.0 Å². The lowest BCUT2D eigenvalue weighted by molar-refractivity contribution is -0.0606. The summed E-state index contributed by atoms with van der Waals surface area (Å²) in [6, 6.07) is 8.93. The van der Waals surface area contributed by atoms with Crippen molar-refractivity contribution in [3.63, 3.8) is 0 Å². The van der Waals surface area contributed by atoms with Gasteiger partial charge in [-0.15, -0.1) is 0 Å². The number of alkyl halides is 1. The first-order valence-corrected chi connectivity index (χ1v) is 12.2. The molecule has 3 aliphatic carbocycles. The normalized spacial score (nSPS) is 44.1. The van der Waals surface area contributed by atoms with Crippen molar-refractivity contribution in [3.05, 3.63) is 53.3 Å². The zero-order valence-corrected chi connectivity index (χ0v) is 19.2. The molecule has 174 valence electrons. The van der Waals surface area contributed by atoms with Crippen molar-refractivity contribution < 1.29 is 27.8 Å². The van der Waals surface area contributed by atoms with E-state index in [9.17, 15) is 4.79 Å². The minimum Gasteiger partial charge on any atom is -0.433 e. The molecule has 6 heteroatoms. The van der Waals surface area contributed by atoms with E-state index < -0.39 is 23.3 Å². The van der Waals surface area contributed by atoms with E-state index in [1.165, 1.54) is 0 Å².